The second-order valence-corrected chi connectivity index (χ2v) is 17.1. The van der Waals surface area contributed by atoms with Gasteiger partial charge in [-0.2, -0.15) is 13.2 Å². The van der Waals surface area contributed by atoms with Crippen LogP contribution in [0, 0.1) is 50.7 Å². The Balaban J connectivity index is 1.44. The van der Waals surface area contributed by atoms with Crippen LogP contribution in [0.15, 0.2) is 0 Å². The topological polar surface area (TPSA) is 102 Å². The van der Waals surface area contributed by atoms with Gasteiger partial charge in [-0.1, -0.05) is 34.6 Å². The summed E-state index contributed by atoms with van der Waals surface area (Å²) in [6.07, 6.45) is -2.87. The first-order valence-corrected chi connectivity index (χ1v) is 16.6. The highest BCUT2D eigenvalue weighted by Crippen LogP contribution is 2.89. The number of ether oxygens (including phenoxy) is 3. The molecule has 0 bridgehead atoms. The fourth-order valence-electron chi connectivity index (χ4n) is 12.7. The molecule has 0 aromatic rings. The van der Waals surface area contributed by atoms with Gasteiger partial charge in [0, 0.05) is 12.3 Å². The summed E-state index contributed by atoms with van der Waals surface area (Å²) in [4.78, 5) is 24.7. The lowest BCUT2D eigenvalue weighted by Crippen LogP contribution is -2.60. The van der Waals surface area contributed by atoms with Gasteiger partial charge in [0.05, 0.1) is 23.9 Å². The number of fused-ring (bicyclic) bond motifs is 4. The summed E-state index contributed by atoms with van der Waals surface area (Å²) in [7, 11) is 0. The normalized spacial score (nSPS) is 49.8. The van der Waals surface area contributed by atoms with Gasteiger partial charge >= 0.3 is 18.1 Å². The molecule has 6 aliphatic rings. The molecule has 6 rings (SSSR count). The van der Waals surface area contributed by atoms with Crippen LogP contribution in [0.1, 0.15) is 107 Å². The molecule has 0 aromatic carbocycles. The minimum Gasteiger partial charge on any atom is -0.457 e. The van der Waals surface area contributed by atoms with Crippen LogP contribution in [-0.4, -0.2) is 64.4 Å². The van der Waals surface area contributed by atoms with Crippen molar-refractivity contribution in [3.05, 3.63) is 0 Å². The Morgan fingerprint density at radius 3 is 2.18 bits per heavy atom. The van der Waals surface area contributed by atoms with E-state index in [-0.39, 0.29) is 40.1 Å². The van der Waals surface area contributed by atoms with Crippen molar-refractivity contribution in [2.45, 2.75) is 149 Å². The van der Waals surface area contributed by atoms with Gasteiger partial charge < -0.3 is 24.4 Å². The Hall–Kier alpha value is -1.39. The van der Waals surface area contributed by atoms with E-state index < -0.39 is 59.0 Å². The number of hydrogen-bond donors (Lipinski definition) is 2. The molecule has 0 amide bonds. The van der Waals surface area contributed by atoms with Crippen LogP contribution < -0.4 is 0 Å². The molecular weight excluding hydrogens is 577 g/mol. The molecule has 6 fully saturated rings. The van der Waals surface area contributed by atoms with E-state index >= 15 is 0 Å². The number of aliphatic hydroxyl groups excluding tert-OH is 1. The van der Waals surface area contributed by atoms with E-state index in [9.17, 15) is 33.0 Å². The van der Waals surface area contributed by atoms with Crippen molar-refractivity contribution < 1.29 is 47.2 Å². The fraction of sp³-hybridized carbons (Fsp3) is 0.941. The second kappa shape index (κ2) is 9.59. The lowest BCUT2D eigenvalue weighted by atomic mass is 9.41. The van der Waals surface area contributed by atoms with Crippen LogP contribution in [0.3, 0.4) is 0 Å². The Morgan fingerprint density at radius 1 is 0.977 bits per heavy atom. The highest BCUT2D eigenvalue weighted by atomic mass is 19.4. The van der Waals surface area contributed by atoms with Gasteiger partial charge in [0.2, 0.25) is 0 Å². The van der Waals surface area contributed by atoms with Crippen LogP contribution in [0.2, 0.25) is 0 Å². The van der Waals surface area contributed by atoms with E-state index in [1.165, 1.54) is 20.8 Å². The van der Waals surface area contributed by atoms with E-state index in [0.717, 1.165) is 44.9 Å². The zero-order valence-corrected chi connectivity index (χ0v) is 27.4. The van der Waals surface area contributed by atoms with Gasteiger partial charge in [-0.25, -0.2) is 4.79 Å². The predicted octanol–water partition coefficient (Wildman–Crippen LogP) is 5.98. The lowest BCUT2D eigenvalue weighted by molar-refractivity contribution is -0.238. The third-order valence-corrected chi connectivity index (χ3v) is 14.6. The van der Waals surface area contributed by atoms with Crippen LogP contribution in [0.4, 0.5) is 13.2 Å². The summed E-state index contributed by atoms with van der Waals surface area (Å²) < 4.78 is 59.5. The van der Waals surface area contributed by atoms with Crippen LogP contribution in [0.25, 0.3) is 0 Å². The largest absolute Gasteiger partial charge is 0.490 e. The molecule has 13 atom stereocenters. The third kappa shape index (κ3) is 4.10. The number of aliphatic hydroxyl groups is 2. The summed E-state index contributed by atoms with van der Waals surface area (Å²) in [6.45, 7) is 14.9. The molecule has 250 valence electrons. The van der Waals surface area contributed by atoms with Crippen molar-refractivity contribution in [3.8, 4) is 0 Å². The summed E-state index contributed by atoms with van der Waals surface area (Å²) in [5, 5.41) is 22.0. The van der Waals surface area contributed by atoms with Gasteiger partial charge in [0.25, 0.3) is 0 Å². The molecule has 6 unspecified atom stereocenters. The molecule has 1 aliphatic heterocycles. The lowest BCUT2D eigenvalue weighted by Gasteiger charge is -2.63. The maximum Gasteiger partial charge on any atom is 0.490 e. The highest BCUT2D eigenvalue weighted by molar-refractivity contribution is 5.76. The minimum atomic E-state index is -5.16. The summed E-state index contributed by atoms with van der Waals surface area (Å²) >= 11 is 0. The molecule has 5 aliphatic carbocycles. The number of halogens is 3. The molecule has 0 aromatic heterocycles. The smallest absolute Gasteiger partial charge is 0.457 e. The van der Waals surface area contributed by atoms with E-state index in [2.05, 4.69) is 34.6 Å². The van der Waals surface area contributed by atoms with Crippen LogP contribution in [-0.2, 0) is 23.8 Å². The molecule has 10 heteroatoms. The number of alkyl halides is 3. The zero-order valence-electron chi connectivity index (χ0n) is 27.4. The van der Waals surface area contributed by atoms with Crippen LogP contribution in [0.5, 0.6) is 0 Å². The maximum absolute atomic E-state index is 13.9. The minimum absolute atomic E-state index is 0.0282. The quantitative estimate of drug-likeness (QED) is 0.370. The zero-order chi connectivity index (χ0) is 32.6. The van der Waals surface area contributed by atoms with Crippen molar-refractivity contribution in [3.63, 3.8) is 0 Å². The van der Waals surface area contributed by atoms with E-state index in [4.69, 9.17) is 14.2 Å². The van der Waals surface area contributed by atoms with Crippen molar-refractivity contribution in [2.24, 2.45) is 50.7 Å². The molecule has 7 nitrogen and oxygen atoms in total. The maximum atomic E-state index is 13.9. The average Bonchev–Trinajstić information content (AvgIpc) is 3.51. The summed E-state index contributed by atoms with van der Waals surface area (Å²) in [5.74, 6) is -2.68. The Morgan fingerprint density at radius 2 is 1.59 bits per heavy atom. The van der Waals surface area contributed by atoms with Gasteiger partial charge in [-0.15, -0.1) is 0 Å². The van der Waals surface area contributed by atoms with E-state index in [0.29, 0.717) is 12.3 Å². The number of carbonyl (C=O) groups excluding carboxylic acids is 2. The van der Waals surface area contributed by atoms with Gasteiger partial charge in [-0.05, 0) is 111 Å². The monoisotopic (exact) mass is 628 g/mol. The van der Waals surface area contributed by atoms with Crippen LogP contribution >= 0.6 is 0 Å². The molecule has 1 heterocycles. The SMILES string of the molecule is CC(=O)O[C@@H](C1C[C@@H](C)[C@H]2C(O1)[C@H](OC(=O)C(F)(F)F)[C@@]1(C)C3CC[C@H]4C(C)(C)[C@@H](O)CCC45CC35CCC21C)C(C)(C)O. The van der Waals surface area contributed by atoms with Crippen molar-refractivity contribution >= 4 is 11.9 Å². The molecule has 2 spiro atoms. The molecule has 1 saturated heterocycles. The van der Waals surface area contributed by atoms with Crippen molar-refractivity contribution in [2.75, 3.05) is 0 Å². The van der Waals surface area contributed by atoms with Crippen molar-refractivity contribution in [1.82, 2.24) is 0 Å². The standard InChI is InChI=1S/C34H51F3O7/c1-17-15-19(25(29(5,6)41)42-18(2)38)43-24-23(17)30(7)13-14-33-16-32(33)12-11-22(39)28(3,4)20(32)9-10-21(33)31(30,8)26(24)44-27(40)34(35,36)37/h17,19-26,39,41H,9-16H2,1-8H3/t17-,19?,20+,21?,22+,23+,24?,25+,26+,30?,31-,32?,33?/m1/s1. The van der Waals surface area contributed by atoms with Gasteiger partial charge in [0.1, 0.15) is 6.10 Å². The number of esters is 2. The predicted molar refractivity (Wildman–Crippen MR) is 154 cm³/mol. The third-order valence-electron chi connectivity index (χ3n) is 14.6. The first kappa shape index (κ1) is 32.5. The van der Waals surface area contributed by atoms with Gasteiger partial charge in [0.15, 0.2) is 6.10 Å². The molecule has 5 saturated carbocycles. The van der Waals surface area contributed by atoms with Crippen molar-refractivity contribution in [1.29, 1.82) is 0 Å². The Labute approximate surface area is 258 Å². The molecule has 0 radical (unpaired) electrons. The molecule has 2 N–H and O–H groups in total. The number of rotatable bonds is 4. The fourth-order valence-corrected chi connectivity index (χ4v) is 12.7. The average molecular weight is 629 g/mol. The Bertz CT molecular complexity index is 1210. The summed E-state index contributed by atoms with van der Waals surface area (Å²) in [5.41, 5.74) is -3.03. The number of carbonyl (C=O) groups is 2. The summed E-state index contributed by atoms with van der Waals surface area (Å²) in [6, 6.07) is 0. The molecular formula is C34H51F3O7. The van der Waals surface area contributed by atoms with Gasteiger partial charge in [-0.3, -0.25) is 4.79 Å². The van der Waals surface area contributed by atoms with E-state index in [1.54, 1.807) is 0 Å². The first-order chi connectivity index (χ1) is 20.1. The highest BCUT2D eigenvalue weighted by Gasteiger charge is 2.85. The molecule has 44 heavy (non-hydrogen) atoms. The second-order valence-electron chi connectivity index (χ2n) is 17.1. The first-order valence-electron chi connectivity index (χ1n) is 16.6. The Kier molecular flexibility index (Phi) is 7.09. The number of hydrogen-bond acceptors (Lipinski definition) is 7. The van der Waals surface area contributed by atoms with E-state index in [1.807, 2.05) is 0 Å².